The average Bonchev–Trinajstić information content (AvgIpc) is 3.29. The molecule has 0 saturated carbocycles. The Bertz CT molecular complexity index is 2570. The van der Waals surface area contributed by atoms with E-state index in [0.717, 1.165) is 79.7 Å². The Balaban J connectivity index is 1.05. The maximum atomic E-state index is 14.2. The first-order valence-corrected chi connectivity index (χ1v) is 26.4. The summed E-state index contributed by atoms with van der Waals surface area (Å²) in [7, 11) is -9.17. The van der Waals surface area contributed by atoms with Gasteiger partial charge in [-0.3, -0.25) is 14.6 Å². The summed E-state index contributed by atoms with van der Waals surface area (Å²) in [6.07, 6.45) is 3.59. The Morgan fingerprint density at radius 1 is 0.879 bits per heavy atom. The number of nitrogens with zero attached hydrogens (tertiary/aromatic N) is 4. The second kappa shape index (κ2) is 21.0. The van der Waals surface area contributed by atoms with Crippen molar-refractivity contribution in [2.75, 3.05) is 88.2 Å². The van der Waals surface area contributed by atoms with E-state index in [0.29, 0.717) is 51.1 Å². The van der Waals surface area contributed by atoms with Crippen molar-refractivity contribution in [2.45, 2.75) is 65.8 Å². The molecule has 4 aromatic rings. The van der Waals surface area contributed by atoms with Crippen LogP contribution >= 0.6 is 23.4 Å². The zero-order chi connectivity index (χ0) is 47.3. The number of nitrogens with one attached hydrogen (secondary N) is 1. The molecule has 11 nitrogen and oxygen atoms in total. The number of hydrogen-bond acceptors (Lipinski definition) is 11. The molecule has 0 aromatic heterocycles. The lowest BCUT2D eigenvalue weighted by Gasteiger charge is -2.39. The van der Waals surface area contributed by atoms with E-state index >= 15 is 0 Å². The molecule has 0 spiro atoms. The van der Waals surface area contributed by atoms with Crippen LogP contribution in [0.2, 0.25) is 5.02 Å². The first kappa shape index (κ1) is 49.8. The van der Waals surface area contributed by atoms with E-state index in [1.807, 2.05) is 47.2 Å². The number of ether oxygens (including phenoxy) is 1. The number of anilines is 2. The van der Waals surface area contributed by atoms with Gasteiger partial charge in [0.1, 0.15) is 0 Å². The highest BCUT2D eigenvalue weighted by Gasteiger charge is 2.49. The number of sulfonamides is 1. The van der Waals surface area contributed by atoms with E-state index < -0.39 is 52.8 Å². The first-order valence-electron chi connectivity index (χ1n) is 22.1. The molecular weight excluding hydrogens is 931 g/mol. The molecule has 7 rings (SSSR count). The van der Waals surface area contributed by atoms with E-state index in [9.17, 15) is 34.8 Å². The number of benzene rings is 4. The van der Waals surface area contributed by atoms with Crippen molar-refractivity contribution in [2.24, 2.45) is 5.41 Å². The van der Waals surface area contributed by atoms with Gasteiger partial charge < -0.3 is 14.5 Å². The molecular formula is C48H57ClF3N5O6S3. The van der Waals surface area contributed by atoms with E-state index in [-0.39, 0.29) is 11.0 Å². The van der Waals surface area contributed by atoms with Crippen molar-refractivity contribution < 1.29 is 39.5 Å². The number of sulfone groups is 1. The Kier molecular flexibility index (Phi) is 15.9. The van der Waals surface area contributed by atoms with Gasteiger partial charge >= 0.3 is 5.51 Å². The largest absolute Gasteiger partial charge is 0.501 e. The molecule has 0 bridgehead atoms. The zero-order valence-corrected chi connectivity index (χ0v) is 40.6. The van der Waals surface area contributed by atoms with Gasteiger partial charge in [-0.2, -0.15) is 13.2 Å². The summed E-state index contributed by atoms with van der Waals surface area (Å²) in [4.78, 5) is 21.0. The number of piperazine rings is 1. The molecule has 1 amide bonds. The lowest BCUT2D eigenvalue weighted by Crippen LogP contribution is -2.47. The van der Waals surface area contributed by atoms with Gasteiger partial charge in [0, 0.05) is 92.4 Å². The van der Waals surface area contributed by atoms with E-state index in [1.54, 1.807) is 12.1 Å². The monoisotopic (exact) mass is 987 g/mol. The van der Waals surface area contributed by atoms with Gasteiger partial charge in [0.2, 0.25) is 0 Å². The highest BCUT2D eigenvalue weighted by atomic mass is 35.5. The number of allylic oxidation sites excluding steroid dienone is 1. The third-order valence-electron chi connectivity index (χ3n) is 12.7. The van der Waals surface area contributed by atoms with Gasteiger partial charge in [0.25, 0.3) is 25.8 Å². The normalized spacial score (nSPS) is 18.3. The Labute approximate surface area is 396 Å². The molecule has 2 saturated heterocycles. The van der Waals surface area contributed by atoms with Crippen LogP contribution < -0.4 is 14.5 Å². The van der Waals surface area contributed by atoms with Gasteiger partial charge in [-0.15, -0.1) is 11.8 Å². The van der Waals surface area contributed by atoms with Gasteiger partial charge in [-0.25, -0.2) is 21.6 Å². The topological polar surface area (TPSA) is 120 Å². The maximum absolute atomic E-state index is 14.2. The third kappa shape index (κ3) is 12.3. The van der Waals surface area contributed by atoms with Crippen LogP contribution in [-0.4, -0.2) is 122 Å². The number of morpholine rings is 1. The van der Waals surface area contributed by atoms with Crippen molar-refractivity contribution in [3.63, 3.8) is 0 Å². The van der Waals surface area contributed by atoms with E-state index in [1.165, 1.54) is 52.6 Å². The summed E-state index contributed by atoms with van der Waals surface area (Å²) in [5.74, 6) is -0.602. The van der Waals surface area contributed by atoms with E-state index in [4.69, 9.17) is 16.3 Å². The predicted octanol–water partition coefficient (Wildman–Crippen LogP) is 8.86. The molecule has 2 fully saturated rings. The molecule has 3 aliphatic rings. The van der Waals surface area contributed by atoms with Crippen molar-refractivity contribution in [1.82, 2.24) is 14.5 Å². The molecule has 1 atom stereocenters. The minimum Gasteiger partial charge on any atom is -0.379 e. The lowest BCUT2D eigenvalue weighted by atomic mass is 9.73. The number of carbonyl (C=O) groups is 1. The van der Waals surface area contributed by atoms with Crippen LogP contribution in [0.5, 0.6) is 0 Å². The number of thioether (sulfide) groups is 1. The molecule has 0 unspecified atom stereocenters. The van der Waals surface area contributed by atoms with Crippen LogP contribution in [0, 0.1) is 5.41 Å². The van der Waals surface area contributed by atoms with Gasteiger partial charge in [-0.05, 0) is 109 Å². The van der Waals surface area contributed by atoms with Gasteiger partial charge in [0.15, 0.2) is 0 Å². The van der Waals surface area contributed by atoms with Crippen LogP contribution in [0.1, 0.15) is 55.5 Å². The van der Waals surface area contributed by atoms with Crippen LogP contribution in [0.25, 0.3) is 5.57 Å². The Morgan fingerprint density at radius 3 is 2.20 bits per heavy atom. The summed E-state index contributed by atoms with van der Waals surface area (Å²) in [5, 5.41) is 0.718. The molecule has 1 aliphatic carbocycles. The van der Waals surface area contributed by atoms with Crippen LogP contribution in [0.3, 0.4) is 0 Å². The van der Waals surface area contributed by atoms with Crippen LogP contribution in [-0.2, 0) is 24.6 Å². The predicted molar refractivity (Wildman–Crippen MR) is 257 cm³/mol. The number of alkyl halides is 3. The number of amides is 1. The highest BCUT2D eigenvalue weighted by molar-refractivity contribution is 7.99. The lowest BCUT2D eigenvalue weighted by molar-refractivity contribution is -0.0435. The fourth-order valence-electron chi connectivity index (χ4n) is 8.80. The van der Waals surface area contributed by atoms with Crippen molar-refractivity contribution >= 4 is 66.1 Å². The van der Waals surface area contributed by atoms with Crippen molar-refractivity contribution in [3.05, 3.63) is 119 Å². The molecule has 2 heterocycles. The average molecular weight is 989 g/mol. The SMILES string of the molecule is CN(c1cc(S(=O)(=O)NC(=O)c2ccc(N3CCN(CC4=C(c5ccc(Cl)cc5)CCC(C)(C)C4)CC3)cc2)ccc1S(=O)(=O)C(F)(F)F)[C@H](CCN1CCOCC1)CSc1ccccc1. The standard InChI is InChI=1S/C48H57ClF3N5O6S3/c1-47(2)21-19-43(35-9-13-38(49)14-10-35)37(32-47)33-56-23-25-57(26-24-56)39-15-11-36(12-16-39)46(58)53-66(61,62)42-17-18-45(65(59,60)48(50,51)52)44(31-42)54(3)40(20-22-55-27-29-63-30-28-55)34-64-41-7-5-4-6-8-41/h4-18,31,40H,19-30,32-34H2,1-3H3,(H,53,58)/t40-/m1/s1. The molecule has 356 valence electrons. The molecule has 1 N–H and O–H groups in total. The first-order chi connectivity index (χ1) is 31.3. The molecule has 18 heteroatoms. The van der Waals surface area contributed by atoms with E-state index in [2.05, 4.69) is 40.7 Å². The fraction of sp³-hybridized carbons (Fsp3) is 0.438. The minimum absolute atomic E-state index is 0.0530. The summed E-state index contributed by atoms with van der Waals surface area (Å²) in [6, 6.07) is 25.8. The Morgan fingerprint density at radius 2 is 1.55 bits per heavy atom. The molecule has 66 heavy (non-hydrogen) atoms. The second-order valence-electron chi connectivity index (χ2n) is 17.9. The van der Waals surface area contributed by atoms with Gasteiger partial charge in [-0.1, -0.05) is 61.4 Å². The van der Waals surface area contributed by atoms with Gasteiger partial charge in [0.05, 0.1) is 28.7 Å². The van der Waals surface area contributed by atoms with Crippen molar-refractivity contribution in [3.8, 4) is 0 Å². The number of carbonyl (C=O) groups excluding carboxylic acids is 1. The van der Waals surface area contributed by atoms with Crippen LogP contribution in [0.15, 0.2) is 117 Å². The van der Waals surface area contributed by atoms with Crippen LogP contribution in [0.4, 0.5) is 24.5 Å². The van der Waals surface area contributed by atoms with Crippen molar-refractivity contribution in [1.29, 1.82) is 0 Å². The quantitative estimate of drug-likeness (QED) is 0.109. The number of rotatable bonds is 16. The fourth-order valence-corrected chi connectivity index (χ4v) is 12.0. The second-order valence-corrected chi connectivity index (χ2v) is 23.0. The summed E-state index contributed by atoms with van der Waals surface area (Å²) in [5.41, 5.74) is -0.880. The summed E-state index contributed by atoms with van der Waals surface area (Å²) in [6.45, 7) is 11.6. The number of halogens is 4. The molecule has 2 aliphatic heterocycles. The third-order valence-corrected chi connectivity index (χ3v) is 17.0. The smallest absolute Gasteiger partial charge is 0.379 e. The molecule has 0 radical (unpaired) electrons. The summed E-state index contributed by atoms with van der Waals surface area (Å²) >= 11 is 7.64. The summed E-state index contributed by atoms with van der Waals surface area (Å²) < 4.78 is 104. The number of hydrogen-bond donors (Lipinski definition) is 1. The zero-order valence-electron chi connectivity index (χ0n) is 37.4. The molecule has 4 aromatic carbocycles. The maximum Gasteiger partial charge on any atom is 0.501 e. The highest BCUT2D eigenvalue weighted by Crippen LogP contribution is 2.43. The Hall–Kier alpha value is -4.10. The minimum atomic E-state index is -5.93.